The molecule has 0 saturated carbocycles. The van der Waals surface area contributed by atoms with Crippen LogP contribution in [-0.4, -0.2) is 31.4 Å². The molecule has 1 atom stereocenters. The topological polar surface area (TPSA) is 30.5 Å². The highest BCUT2D eigenvalue weighted by Crippen LogP contribution is 2.20. The predicted molar refractivity (Wildman–Crippen MR) is 83.9 cm³/mol. The van der Waals surface area contributed by atoms with Gasteiger partial charge in [0, 0.05) is 17.6 Å². The smallest absolute Gasteiger partial charge is 0.129 e. The first-order valence-corrected chi connectivity index (χ1v) is 7.52. The molecule has 1 N–H and O–H groups in total. The van der Waals surface area contributed by atoms with Gasteiger partial charge in [-0.1, -0.05) is 18.2 Å². The SMILES string of the molecule is CC(C)OCCOC(CNC(C)(C)C)c1ccccc1F. The molecule has 120 valence electrons. The molecule has 0 radical (unpaired) electrons. The van der Waals surface area contributed by atoms with Crippen molar-refractivity contribution in [2.75, 3.05) is 19.8 Å². The molecule has 1 rings (SSSR count). The zero-order chi connectivity index (χ0) is 15.9. The fraction of sp³-hybridized carbons (Fsp3) is 0.647. The third-order valence-corrected chi connectivity index (χ3v) is 2.92. The highest BCUT2D eigenvalue weighted by atomic mass is 19.1. The maximum absolute atomic E-state index is 14.0. The number of rotatable bonds is 8. The Morgan fingerprint density at radius 2 is 1.71 bits per heavy atom. The number of nitrogens with one attached hydrogen (secondary N) is 1. The fourth-order valence-corrected chi connectivity index (χ4v) is 1.87. The van der Waals surface area contributed by atoms with Gasteiger partial charge >= 0.3 is 0 Å². The van der Waals surface area contributed by atoms with Crippen molar-refractivity contribution in [2.24, 2.45) is 0 Å². The predicted octanol–water partition coefficient (Wildman–Crippen LogP) is 3.70. The van der Waals surface area contributed by atoms with Crippen molar-refractivity contribution in [2.45, 2.75) is 52.4 Å². The molecule has 0 aliphatic rings. The maximum Gasteiger partial charge on any atom is 0.129 e. The van der Waals surface area contributed by atoms with Gasteiger partial charge in [-0.2, -0.15) is 0 Å². The lowest BCUT2D eigenvalue weighted by molar-refractivity contribution is -0.0156. The third kappa shape index (κ3) is 7.55. The van der Waals surface area contributed by atoms with Crippen LogP contribution in [0.25, 0.3) is 0 Å². The summed E-state index contributed by atoms with van der Waals surface area (Å²) >= 11 is 0. The molecular weight excluding hydrogens is 269 g/mol. The van der Waals surface area contributed by atoms with Crippen LogP contribution in [0.1, 0.15) is 46.3 Å². The Morgan fingerprint density at radius 1 is 1.10 bits per heavy atom. The van der Waals surface area contributed by atoms with Gasteiger partial charge in [0.25, 0.3) is 0 Å². The van der Waals surface area contributed by atoms with Gasteiger partial charge in [-0.05, 0) is 40.7 Å². The van der Waals surface area contributed by atoms with Crippen molar-refractivity contribution in [3.63, 3.8) is 0 Å². The summed E-state index contributed by atoms with van der Waals surface area (Å²) in [6.45, 7) is 11.7. The van der Waals surface area contributed by atoms with Gasteiger partial charge in [0.1, 0.15) is 5.82 Å². The fourth-order valence-electron chi connectivity index (χ4n) is 1.87. The van der Waals surface area contributed by atoms with Gasteiger partial charge in [0.2, 0.25) is 0 Å². The number of hydrogen-bond donors (Lipinski definition) is 1. The van der Waals surface area contributed by atoms with Gasteiger partial charge in [-0.3, -0.25) is 0 Å². The molecule has 0 heterocycles. The van der Waals surface area contributed by atoms with Crippen LogP contribution in [0.15, 0.2) is 24.3 Å². The highest BCUT2D eigenvalue weighted by molar-refractivity contribution is 5.20. The first kappa shape index (κ1) is 18.1. The third-order valence-electron chi connectivity index (χ3n) is 2.92. The Morgan fingerprint density at radius 3 is 2.29 bits per heavy atom. The van der Waals surface area contributed by atoms with Crippen molar-refractivity contribution in [1.82, 2.24) is 5.32 Å². The van der Waals surface area contributed by atoms with Crippen molar-refractivity contribution < 1.29 is 13.9 Å². The molecule has 0 amide bonds. The van der Waals surface area contributed by atoms with Gasteiger partial charge < -0.3 is 14.8 Å². The summed E-state index contributed by atoms with van der Waals surface area (Å²) in [6, 6.07) is 6.76. The highest BCUT2D eigenvalue weighted by Gasteiger charge is 2.19. The minimum Gasteiger partial charge on any atom is -0.376 e. The summed E-state index contributed by atoms with van der Waals surface area (Å²) < 4.78 is 25.2. The maximum atomic E-state index is 14.0. The van der Waals surface area contributed by atoms with E-state index in [0.717, 1.165) is 0 Å². The van der Waals surface area contributed by atoms with Gasteiger partial charge in [-0.25, -0.2) is 4.39 Å². The molecule has 21 heavy (non-hydrogen) atoms. The monoisotopic (exact) mass is 297 g/mol. The zero-order valence-electron chi connectivity index (χ0n) is 13.8. The summed E-state index contributed by atoms with van der Waals surface area (Å²) in [5, 5.41) is 3.36. The van der Waals surface area contributed by atoms with E-state index in [1.807, 2.05) is 19.9 Å². The van der Waals surface area contributed by atoms with Crippen LogP contribution in [0, 0.1) is 5.82 Å². The van der Waals surface area contributed by atoms with Crippen LogP contribution in [0.5, 0.6) is 0 Å². The lowest BCUT2D eigenvalue weighted by atomic mass is 10.1. The van der Waals surface area contributed by atoms with Crippen LogP contribution in [-0.2, 0) is 9.47 Å². The second-order valence-corrected chi connectivity index (χ2v) is 6.43. The number of benzene rings is 1. The summed E-state index contributed by atoms with van der Waals surface area (Å²) in [6.07, 6.45) is -0.144. The van der Waals surface area contributed by atoms with Crippen molar-refractivity contribution in [1.29, 1.82) is 0 Å². The van der Waals surface area contributed by atoms with Gasteiger partial charge in [0.15, 0.2) is 0 Å². The van der Waals surface area contributed by atoms with E-state index in [1.54, 1.807) is 12.1 Å². The molecule has 1 unspecified atom stereocenters. The first-order valence-electron chi connectivity index (χ1n) is 7.52. The Balaban J connectivity index is 2.64. The molecular formula is C17H28FNO2. The normalized spacial score (nSPS) is 13.7. The molecule has 0 saturated heterocycles. The summed E-state index contributed by atoms with van der Waals surface area (Å²) in [5.41, 5.74) is 0.542. The lowest BCUT2D eigenvalue weighted by Crippen LogP contribution is -2.39. The molecule has 4 heteroatoms. The summed E-state index contributed by atoms with van der Waals surface area (Å²) in [7, 11) is 0. The lowest BCUT2D eigenvalue weighted by Gasteiger charge is -2.26. The van der Waals surface area contributed by atoms with Crippen LogP contribution < -0.4 is 5.32 Å². The second kappa shape index (κ2) is 8.47. The molecule has 0 bridgehead atoms. The molecule has 1 aromatic rings. The minimum absolute atomic E-state index is 0.0404. The quantitative estimate of drug-likeness (QED) is 0.742. The summed E-state index contributed by atoms with van der Waals surface area (Å²) in [4.78, 5) is 0. The second-order valence-electron chi connectivity index (χ2n) is 6.43. The van der Waals surface area contributed by atoms with E-state index in [-0.39, 0.29) is 23.6 Å². The Hall–Kier alpha value is -0.970. The number of hydrogen-bond acceptors (Lipinski definition) is 3. The van der Waals surface area contributed by atoms with Gasteiger partial charge in [-0.15, -0.1) is 0 Å². The molecule has 0 aliphatic carbocycles. The van der Waals surface area contributed by atoms with E-state index in [0.29, 0.717) is 25.3 Å². The van der Waals surface area contributed by atoms with Crippen molar-refractivity contribution >= 4 is 0 Å². The molecule has 3 nitrogen and oxygen atoms in total. The average Bonchev–Trinajstić information content (AvgIpc) is 2.37. The largest absolute Gasteiger partial charge is 0.376 e. The van der Waals surface area contributed by atoms with Crippen LogP contribution in [0.4, 0.5) is 4.39 Å². The van der Waals surface area contributed by atoms with E-state index < -0.39 is 0 Å². The van der Waals surface area contributed by atoms with E-state index in [4.69, 9.17) is 9.47 Å². The van der Waals surface area contributed by atoms with Crippen LogP contribution in [0.3, 0.4) is 0 Å². The van der Waals surface area contributed by atoms with E-state index in [2.05, 4.69) is 26.1 Å². The van der Waals surface area contributed by atoms with E-state index in [1.165, 1.54) is 6.07 Å². The zero-order valence-corrected chi connectivity index (χ0v) is 13.8. The van der Waals surface area contributed by atoms with E-state index >= 15 is 0 Å². The molecule has 0 aromatic heterocycles. The standard InChI is InChI=1S/C17H28FNO2/c1-13(2)20-10-11-21-16(12-19-17(3,4)5)14-8-6-7-9-15(14)18/h6-9,13,16,19H,10-12H2,1-5H3. The molecule has 0 fully saturated rings. The minimum atomic E-state index is -0.318. The number of ether oxygens (including phenoxy) is 2. The Labute approximate surface area is 127 Å². The Kier molecular flexibility index (Phi) is 7.29. The molecule has 0 spiro atoms. The Bertz CT molecular complexity index is 415. The number of halogens is 1. The van der Waals surface area contributed by atoms with Crippen molar-refractivity contribution in [3.8, 4) is 0 Å². The summed E-state index contributed by atoms with van der Waals surface area (Å²) in [5.74, 6) is -0.233. The van der Waals surface area contributed by atoms with Crippen molar-refractivity contribution in [3.05, 3.63) is 35.6 Å². The van der Waals surface area contributed by atoms with E-state index in [9.17, 15) is 4.39 Å². The first-order chi connectivity index (χ1) is 9.79. The average molecular weight is 297 g/mol. The molecule has 0 aliphatic heterocycles. The van der Waals surface area contributed by atoms with Crippen LogP contribution >= 0.6 is 0 Å². The van der Waals surface area contributed by atoms with Crippen LogP contribution in [0.2, 0.25) is 0 Å². The van der Waals surface area contributed by atoms with Gasteiger partial charge in [0.05, 0.1) is 25.4 Å². The molecule has 1 aromatic carbocycles.